The van der Waals surface area contributed by atoms with Crippen LogP contribution in [-0.4, -0.2) is 20.1 Å². The van der Waals surface area contributed by atoms with Gasteiger partial charge >= 0.3 is 0 Å². The number of ether oxygens (including phenoxy) is 1. The van der Waals surface area contributed by atoms with Gasteiger partial charge in [-0.2, -0.15) is 0 Å². The van der Waals surface area contributed by atoms with E-state index in [1.165, 1.54) is 13.1 Å². The molecule has 0 saturated carbocycles. The van der Waals surface area contributed by atoms with Gasteiger partial charge in [-0.05, 0) is 24.3 Å². The SMILES string of the molecule is CNC(=O)c1c(-c2ccccc2)oc(-c2ccc(OC)cc2)cc1=O. The second kappa shape index (κ2) is 7.05. The zero-order valence-electron chi connectivity index (χ0n) is 13.9. The molecule has 1 heterocycles. The molecule has 25 heavy (non-hydrogen) atoms. The van der Waals surface area contributed by atoms with E-state index in [2.05, 4.69) is 5.32 Å². The summed E-state index contributed by atoms with van der Waals surface area (Å²) >= 11 is 0. The van der Waals surface area contributed by atoms with E-state index in [0.717, 1.165) is 5.56 Å². The third-order valence-corrected chi connectivity index (χ3v) is 3.81. The molecule has 0 aliphatic heterocycles. The van der Waals surface area contributed by atoms with E-state index in [0.29, 0.717) is 17.1 Å². The molecule has 3 aromatic rings. The zero-order valence-corrected chi connectivity index (χ0v) is 13.9. The van der Waals surface area contributed by atoms with Crippen LogP contribution in [0.2, 0.25) is 0 Å². The van der Waals surface area contributed by atoms with Gasteiger partial charge in [0.1, 0.15) is 17.1 Å². The summed E-state index contributed by atoms with van der Waals surface area (Å²) in [6.07, 6.45) is 0. The third-order valence-electron chi connectivity index (χ3n) is 3.81. The van der Waals surface area contributed by atoms with Crippen LogP contribution in [-0.2, 0) is 0 Å². The minimum Gasteiger partial charge on any atom is -0.497 e. The maximum Gasteiger partial charge on any atom is 0.258 e. The molecule has 0 unspecified atom stereocenters. The lowest BCUT2D eigenvalue weighted by atomic mass is 10.0. The van der Waals surface area contributed by atoms with E-state index in [-0.39, 0.29) is 11.3 Å². The highest BCUT2D eigenvalue weighted by Crippen LogP contribution is 2.28. The van der Waals surface area contributed by atoms with Crippen molar-refractivity contribution in [3.8, 4) is 28.4 Å². The Morgan fingerprint density at radius 2 is 1.68 bits per heavy atom. The molecule has 0 radical (unpaired) electrons. The number of carbonyl (C=O) groups excluding carboxylic acids is 1. The smallest absolute Gasteiger partial charge is 0.258 e. The lowest BCUT2D eigenvalue weighted by Gasteiger charge is -2.10. The Hall–Kier alpha value is -3.34. The fraction of sp³-hybridized carbons (Fsp3) is 0.100. The molecule has 2 aromatic carbocycles. The first-order valence-corrected chi connectivity index (χ1v) is 7.74. The number of methoxy groups -OCH3 is 1. The number of rotatable bonds is 4. The standard InChI is InChI=1S/C20H17NO4/c1-21-20(23)18-16(22)12-17(13-8-10-15(24-2)11-9-13)25-19(18)14-6-4-3-5-7-14/h3-12H,1-2H3,(H,21,23). The molecule has 1 aromatic heterocycles. The highest BCUT2D eigenvalue weighted by molar-refractivity contribution is 5.99. The molecule has 0 aliphatic carbocycles. The molecule has 1 amide bonds. The van der Waals surface area contributed by atoms with Crippen molar-refractivity contribution in [1.82, 2.24) is 5.32 Å². The van der Waals surface area contributed by atoms with Crippen molar-refractivity contribution >= 4 is 5.91 Å². The summed E-state index contributed by atoms with van der Waals surface area (Å²) in [5, 5.41) is 2.49. The molecule has 0 fully saturated rings. The summed E-state index contributed by atoms with van der Waals surface area (Å²) in [6, 6.07) is 17.6. The lowest BCUT2D eigenvalue weighted by Crippen LogP contribution is -2.26. The van der Waals surface area contributed by atoms with Crippen molar-refractivity contribution in [3.05, 3.63) is 76.5 Å². The molecule has 5 nitrogen and oxygen atoms in total. The third kappa shape index (κ3) is 3.30. The van der Waals surface area contributed by atoms with Gasteiger partial charge in [0.25, 0.3) is 5.91 Å². The largest absolute Gasteiger partial charge is 0.497 e. The zero-order chi connectivity index (χ0) is 17.8. The van der Waals surface area contributed by atoms with Crippen LogP contribution in [0.4, 0.5) is 0 Å². The molecule has 0 saturated heterocycles. The highest BCUT2D eigenvalue weighted by Gasteiger charge is 2.20. The van der Waals surface area contributed by atoms with Crippen LogP contribution in [0.15, 0.2) is 69.9 Å². The minimum absolute atomic E-state index is 0.00837. The normalized spacial score (nSPS) is 10.3. The number of benzene rings is 2. The Bertz CT molecular complexity index is 944. The van der Waals surface area contributed by atoms with Gasteiger partial charge in [0.05, 0.1) is 7.11 Å². The first-order chi connectivity index (χ1) is 12.1. The first-order valence-electron chi connectivity index (χ1n) is 7.74. The molecule has 0 spiro atoms. The first kappa shape index (κ1) is 16.5. The Morgan fingerprint density at radius 1 is 1.00 bits per heavy atom. The fourth-order valence-electron chi connectivity index (χ4n) is 2.52. The summed E-state index contributed by atoms with van der Waals surface area (Å²) in [5.41, 5.74) is 0.980. The summed E-state index contributed by atoms with van der Waals surface area (Å²) < 4.78 is 11.1. The summed E-state index contributed by atoms with van der Waals surface area (Å²) in [6.45, 7) is 0. The van der Waals surface area contributed by atoms with Crippen molar-refractivity contribution in [1.29, 1.82) is 0 Å². The van der Waals surface area contributed by atoms with E-state index >= 15 is 0 Å². The Morgan fingerprint density at radius 3 is 2.28 bits per heavy atom. The molecule has 0 atom stereocenters. The van der Waals surface area contributed by atoms with E-state index in [9.17, 15) is 9.59 Å². The van der Waals surface area contributed by atoms with Crippen LogP contribution >= 0.6 is 0 Å². The average Bonchev–Trinajstić information content (AvgIpc) is 2.67. The van der Waals surface area contributed by atoms with E-state index < -0.39 is 11.3 Å². The predicted molar refractivity (Wildman–Crippen MR) is 95.8 cm³/mol. The van der Waals surface area contributed by atoms with E-state index in [1.807, 2.05) is 18.2 Å². The second-order valence-electron chi connectivity index (χ2n) is 5.35. The van der Waals surface area contributed by atoms with Crippen LogP contribution in [0.5, 0.6) is 5.75 Å². The monoisotopic (exact) mass is 335 g/mol. The second-order valence-corrected chi connectivity index (χ2v) is 5.35. The van der Waals surface area contributed by atoms with E-state index in [4.69, 9.17) is 9.15 Å². The van der Waals surface area contributed by atoms with Gasteiger partial charge in [0.2, 0.25) is 0 Å². The number of amides is 1. The van der Waals surface area contributed by atoms with Crippen LogP contribution in [0.25, 0.3) is 22.6 Å². The fourth-order valence-corrected chi connectivity index (χ4v) is 2.52. The van der Waals surface area contributed by atoms with Gasteiger partial charge in [-0.15, -0.1) is 0 Å². The van der Waals surface area contributed by atoms with Gasteiger partial charge in [-0.1, -0.05) is 30.3 Å². The number of carbonyl (C=O) groups is 1. The van der Waals surface area contributed by atoms with Crippen molar-refractivity contribution < 1.29 is 13.9 Å². The highest BCUT2D eigenvalue weighted by atomic mass is 16.5. The van der Waals surface area contributed by atoms with Crippen LogP contribution in [0.3, 0.4) is 0 Å². The molecule has 3 rings (SSSR count). The minimum atomic E-state index is -0.478. The van der Waals surface area contributed by atoms with Gasteiger partial charge in [-0.25, -0.2) is 0 Å². The van der Waals surface area contributed by atoms with Gasteiger partial charge in [-0.3, -0.25) is 9.59 Å². The van der Waals surface area contributed by atoms with Crippen molar-refractivity contribution in [3.63, 3.8) is 0 Å². The Balaban J connectivity index is 2.21. The number of hydrogen-bond donors (Lipinski definition) is 1. The number of nitrogens with one attached hydrogen (secondary N) is 1. The van der Waals surface area contributed by atoms with Gasteiger partial charge in [0.15, 0.2) is 11.2 Å². The summed E-state index contributed by atoms with van der Waals surface area (Å²) in [7, 11) is 3.06. The maximum atomic E-state index is 12.6. The lowest BCUT2D eigenvalue weighted by molar-refractivity contribution is 0.0961. The predicted octanol–water partition coefficient (Wildman–Crippen LogP) is 3.34. The molecular weight excluding hydrogens is 318 g/mol. The average molecular weight is 335 g/mol. The Labute approximate surface area is 144 Å². The van der Waals surface area contributed by atoms with E-state index in [1.54, 1.807) is 43.5 Å². The molecule has 1 N–H and O–H groups in total. The molecule has 5 heteroatoms. The van der Waals surface area contributed by atoms with Crippen molar-refractivity contribution in [2.24, 2.45) is 0 Å². The quantitative estimate of drug-likeness (QED) is 0.794. The van der Waals surface area contributed by atoms with Gasteiger partial charge < -0.3 is 14.5 Å². The Kier molecular flexibility index (Phi) is 4.66. The van der Waals surface area contributed by atoms with Crippen molar-refractivity contribution in [2.45, 2.75) is 0 Å². The topological polar surface area (TPSA) is 68.5 Å². The molecule has 126 valence electrons. The summed E-state index contributed by atoms with van der Waals surface area (Å²) in [4.78, 5) is 24.8. The molecule has 0 aliphatic rings. The van der Waals surface area contributed by atoms with Crippen LogP contribution in [0.1, 0.15) is 10.4 Å². The van der Waals surface area contributed by atoms with Crippen LogP contribution < -0.4 is 15.5 Å². The molecular formula is C20H17NO4. The maximum absolute atomic E-state index is 12.6. The summed E-state index contributed by atoms with van der Waals surface area (Å²) in [5.74, 6) is 0.864. The number of hydrogen-bond acceptors (Lipinski definition) is 4. The molecule has 0 bridgehead atoms. The van der Waals surface area contributed by atoms with Crippen molar-refractivity contribution in [2.75, 3.05) is 14.2 Å². The van der Waals surface area contributed by atoms with Crippen LogP contribution in [0, 0.1) is 0 Å². The van der Waals surface area contributed by atoms with Gasteiger partial charge in [0, 0.05) is 24.2 Å².